The highest BCUT2D eigenvalue weighted by Crippen LogP contribution is 2.33. The lowest BCUT2D eigenvalue weighted by Gasteiger charge is -2.30. The molecule has 0 saturated carbocycles. The van der Waals surface area contributed by atoms with Gasteiger partial charge in [0.25, 0.3) is 0 Å². The highest BCUT2D eigenvalue weighted by Gasteiger charge is 2.27. The van der Waals surface area contributed by atoms with Gasteiger partial charge in [-0.1, -0.05) is 42.5 Å². The molecule has 0 aromatic heterocycles. The van der Waals surface area contributed by atoms with Gasteiger partial charge in [0.1, 0.15) is 11.6 Å². The molecule has 4 aromatic rings. The molecule has 12 nitrogen and oxygen atoms in total. The van der Waals surface area contributed by atoms with Crippen molar-refractivity contribution in [3.63, 3.8) is 0 Å². The van der Waals surface area contributed by atoms with E-state index in [-0.39, 0.29) is 59.2 Å². The van der Waals surface area contributed by atoms with Crippen LogP contribution in [0.2, 0.25) is 0 Å². The van der Waals surface area contributed by atoms with Crippen molar-refractivity contribution in [2.45, 2.75) is 64.5 Å². The summed E-state index contributed by atoms with van der Waals surface area (Å²) in [7, 11) is -1.87. The van der Waals surface area contributed by atoms with Crippen molar-refractivity contribution >= 4 is 43.2 Å². The Morgan fingerprint density at radius 2 is 1.06 bits per heavy atom. The number of sulfonamides is 2. The van der Waals surface area contributed by atoms with E-state index in [1.807, 2.05) is 36.4 Å². The van der Waals surface area contributed by atoms with Crippen LogP contribution in [0.5, 0.6) is 0 Å². The predicted molar refractivity (Wildman–Crippen MR) is 241 cm³/mol. The molecular weight excluding hydrogens is 837 g/mol. The molecule has 0 radical (unpaired) electrons. The summed E-state index contributed by atoms with van der Waals surface area (Å²) in [6.45, 7) is 6.65. The second-order valence-corrected chi connectivity index (χ2v) is 20.3. The smallest absolute Gasteiger partial charge is 0.337 e. The number of hydrogen-bond donors (Lipinski definition) is 1. The first-order valence-corrected chi connectivity index (χ1v) is 24.2. The number of benzene rings is 4. The van der Waals surface area contributed by atoms with Crippen molar-refractivity contribution < 1.29 is 39.9 Å². The Labute approximate surface area is 365 Å². The van der Waals surface area contributed by atoms with E-state index in [0.717, 1.165) is 75.1 Å². The normalized spacial score (nSPS) is 15.7. The number of hydrogen-bond acceptors (Lipinski definition) is 10. The number of Topliss-reactive ketones (excluding diaryl/α,β-unsaturated/α-hetero) is 1. The van der Waals surface area contributed by atoms with Gasteiger partial charge in [0.05, 0.1) is 55.2 Å². The number of likely N-dealkylation sites (tertiary alicyclic amines) is 2. The summed E-state index contributed by atoms with van der Waals surface area (Å²) in [4.78, 5) is 27.9. The Balaban J connectivity index is 0.000000234. The van der Waals surface area contributed by atoms with Gasteiger partial charge in [0.15, 0.2) is 5.78 Å². The molecule has 2 aliphatic rings. The van der Waals surface area contributed by atoms with Crippen molar-refractivity contribution in [2.75, 3.05) is 74.0 Å². The minimum absolute atomic E-state index is 0.0814. The maximum atomic E-state index is 14.7. The van der Waals surface area contributed by atoms with Crippen LogP contribution in [0, 0.1) is 11.6 Å². The molecule has 62 heavy (non-hydrogen) atoms. The molecule has 336 valence electrons. The summed E-state index contributed by atoms with van der Waals surface area (Å²) in [6, 6.07) is 23.1. The highest BCUT2D eigenvalue weighted by atomic mass is 32.2. The van der Waals surface area contributed by atoms with Crippen LogP contribution in [0.1, 0.15) is 94.3 Å². The monoisotopic (exact) mass is 895 g/mol. The maximum Gasteiger partial charge on any atom is 0.337 e. The first-order chi connectivity index (χ1) is 29.5. The van der Waals surface area contributed by atoms with Crippen LogP contribution in [-0.4, -0.2) is 104 Å². The summed E-state index contributed by atoms with van der Waals surface area (Å²) < 4.78 is 88.1. The number of methoxy groups -OCH3 is 1. The Kier molecular flexibility index (Phi) is 16.8. The molecule has 0 amide bonds. The summed E-state index contributed by atoms with van der Waals surface area (Å²) in [5, 5.41) is 0. The Morgan fingerprint density at radius 1 is 0.661 bits per heavy atom. The minimum Gasteiger partial charge on any atom is -0.465 e. The third kappa shape index (κ3) is 12.2. The molecule has 2 saturated heterocycles. The predicted octanol–water partition coefficient (Wildman–Crippen LogP) is 6.91. The molecule has 2 fully saturated rings. The summed E-state index contributed by atoms with van der Waals surface area (Å²) >= 11 is 0. The van der Waals surface area contributed by atoms with E-state index >= 15 is 0 Å². The minimum atomic E-state index is -3.65. The lowest BCUT2D eigenvalue weighted by molar-refractivity contribution is 0.0600. The van der Waals surface area contributed by atoms with Crippen molar-refractivity contribution in [3.8, 4) is 0 Å². The molecular formula is C46H59F2N5O7S2. The topological polar surface area (TPSA) is 151 Å². The third-order valence-corrected chi connectivity index (χ3v) is 15.2. The second kappa shape index (κ2) is 21.6. The van der Waals surface area contributed by atoms with Gasteiger partial charge in [0, 0.05) is 16.7 Å². The number of rotatable bonds is 15. The van der Waals surface area contributed by atoms with Crippen LogP contribution in [0.15, 0.2) is 84.9 Å². The van der Waals surface area contributed by atoms with Crippen molar-refractivity contribution in [1.82, 2.24) is 9.80 Å². The van der Waals surface area contributed by atoms with Crippen LogP contribution in [0.3, 0.4) is 0 Å². The van der Waals surface area contributed by atoms with E-state index in [9.17, 15) is 35.2 Å². The maximum absolute atomic E-state index is 14.7. The zero-order valence-electron chi connectivity index (χ0n) is 36.2. The fourth-order valence-electron chi connectivity index (χ4n) is 7.76. The van der Waals surface area contributed by atoms with Gasteiger partial charge in [0.2, 0.25) is 20.0 Å². The highest BCUT2D eigenvalue weighted by molar-refractivity contribution is 7.93. The van der Waals surface area contributed by atoms with Gasteiger partial charge in [-0.05, 0) is 145 Å². The first-order valence-electron chi connectivity index (χ1n) is 21.0. The van der Waals surface area contributed by atoms with Gasteiger partial charge in [-0.15, -0.1) is 0 Å². The van der Waals surface area contributed by atoms with Crippen molar-refractivity contribution in [3.05, 3.63) is 130 Å². The molecule has 4 aromatic carbocycles. The number of halogens is 2. The lowest BCUT2D eigenvalue weighted by atomic mass is 9.89. The van der Waals surface area contributed by atoms with Gasteiger partial charge in [-0.2, -0.15) is 0 Å². The fourth-order valence-corrected chi connectivity index (χ4v) is 9.92. The summed E-state index contributed by atoms with van der Waals surface area (Å²) in [5.41, 5.74) is 9.25. The molecule has 2 aliphatic heterocycles. The van der Waals surface area contributed by atoms with E-state index in [0.29, 0.717) is 23.2 Å². The van der Waals surface area contributed by atoms with E-state index in [1.54, 1.807) is 26.0 Å². The van der Waals surface area contributed by atoms with Crippen LogP contribution < -0.4 is 14.3 Å². The molecule has 2 N–H and O–H groups in total. The van der Waals surface area contributed by atoms with Crippen LogP contribution >= 0.6 is 0 Å². The number of esters is 1. The number of anilines is 2. The Bertz CT molecular complexity index is 2230. The number of nitrogens with zero attached hydrogens (tertiary/aromatic N) is 4. The summed E-state index contributed by atoms with van der Waals surface area (Å²) in [5.74, 6) is -1.74. The molecule has 0 unspecified atom stereocenters. The number of carbonyl (C=O) groups excluding carboxylic acids is 2. The second-order valence-electron chi connectivity index (χ2n) is 15.9. The number of nitrogens with two attached hydrogens (primary N) is 1. The van der Waals surface area contributed by atoms with E-state index in [2.05, 4.69) is 28.6 Å². The molecule has 16 heteroatoms. The SMILES string of the molecule is CCS(=O)(=O)N(Cc1ccc(C(=O)CN)cc1F)c1cccc(C2CCN(C)CC2)c1.CCS(=O)(=O)N(Cc1ccc(C(=O)OC)cc1F)c1cccc(C2CCN(C)CC2)c1. The number of carbonyl (C=O) groups is 2. The first kappa shape index (κ1) is 48.3. The largest absolute Gasteiger partial charge is 0.465 e. The van der Waals surface area contributed by atoms with Crippen LogP contribution in [0.25, 0.3) is 0 Å². The number of piperidine rings is 2. The van der Waals surface area contributed by atoms with Crippen molar-refractivity contribution in [2.24, 2.45) is 5.73 Å². The number of ketones is 1. The molecule has 0 atom stereocenters. The average Bonchev–Trinajstić information content (AvgIpc) is 3.28. The fraction of sp³-hybridized carbons (Fsp3) is 0.435. The average molecular weight is 896 g/mol. The van der Waals surface area contributed by atoms with Gasteiger partial charge >= 0.3 is 5.97 Å². The van der Waals surface area contributed by atoms with Crippen LogP contribution in [0.4, 0.5) is 20.2 Å². The quantitative estimate of drug-likeness (QED) is 0.0986. The molecule has 0 bridgehead atoms. The van der Waals surface area contributed by atoms with Crippen molar-refractivity contribution in [1.29, 1.82) is 0 Å². The standard InChI is InChI=1S/C23H30FN3O3S.C23H29FN2O4S/c1-3-31(29,30)27(16-20-8-7-19(14-22(20)24)23(28)15-25)21-6-4-5-18(13-21)17-9-11-26(2)12-10-17;1-4-31(28,29)26(16-20-9-8-19(15-22(20)24)23(27)30-3)21-7-5-6-18(14-21)17-10-12-25(2)13-11-17/h4-8,13-14,17H,3,9-12,15-16,25H2,1-2H3;5-9,14-15,17H,4,10-13,16H2,1-3H3. The third-order valence-electron chi connectivity index (χ3n) is 11.8. The van der Waals surface area contributed by atoms with Gasteiger partial charge in [-0.3, -0.25) is 13.4 Å². The lowest BCUT2D eigenvalue weighted by Crippen LogP contribution is -2.32. The van der Waals surface area contributed by atoms with E-state index in [1.165, 1.54) is 40.0 Å². The number of ether oxygens (including phenoxy) is 1. The van der Waals surface area contributed by atoms with E-state index in [4.69, 9.17) is 5.73 Å². The van der Waals surface area contributed by atoms with Gasteiger partial charge in [-0.25, -0.2) is 30.4 Å². The summed E-state index contributed by atoms with van der Waals surface area (Å²) in [6.07, 6.45) is 4.08. The van der Waals surface area contributed by atoms with E-state index < -0.39 is 37.7 Å². The molecule has 2 heterocycles. The van der Waals surface area contributed by atoms with Gasteiger partial charge < -0.3 is 20.3 Å². The zero-order valence-corrected chi connectivity index (χ0v) is 37.9. The molecule has 0 aliphatic carbocycles. The molecule has 6 rings (SSSR count). The Hall–Kier alpha value is -4.74. The zero-order chi connectivity index (χ0) is 45.2. The van der Waals surface area contributed by atoms with Crippen LogP contribution in [-0.2, 0) is 37.9 Å². The Morgan fingerprint density at radius 3 is 1.44 bits per heavy atom. The molecule has 0 spiro atoms.